The van der Waals surface area contributed by atoms with Crippen molar-refractivity contribution < 1.29 is 41.4 Å². The van der Waals surface area contributed by atoms with Crippen LogP contribution in [0, 0.1) is 6.92 Å². The van der Waals surface area contributed by atoms with Gasteiger partial charge in [-0.3, -0.25) is 9.69 Å². The van der Waals surface area contributed by atoms with Crippen LogP contribution >= 0.6 is 0 Å². The molecular weight excluding hydrogens is 569 g/mol. The molecular formula is C30H33F3N4O6. The molecule has 1 N–H and O–H groups in total. The van der Waals surface area contributed by atoms with Crippen molar-refractivity contribution in [2.75, 3.05) is 58.0 Å². The van der Waals surface area contributed by atoms with Gasteiger partial charge in [0.15, 0.2) is 11.5 Å². The largest absolute Gasteiger partial charge is 0.464 e. The Morgan fingerprint density at radius 3 is 2.37 bits per heavy atom. The quantitative estimate of drug-likeness (QED) is 0.359. The lowest BCUT2D eigenvalue weighted by Gasteiger charge is -2.31. The number of rotatable bonds is 10. The summed E-state index contributed by atoms with van der Waals surface area (Å²) in [5, 5.41) is 2.64. The van der Waals surface area contributed by atoms with Crippen LogP contribution in [0.4, 0.5) is 23.7 Å². The van der Waals surface area contributed by atoms with Crippen LogP contribution in [-0.4, -0.2) is 79.4 Å². The first-order valence-electron chi connectivity index (χ1n) is 13.9. The summed E-state index contributed by atoms with van der Waals surface area (Å²) in [4.78, 5) is 32.3. The third kappa shape index (κ3) is 8.20. The molecule has 2 aliphatic rings. The number of carbonyl (C=O) groups is 2. The normalized spacial score (nSPS) is 14.9. The minimum atomic E-state index is -4.49. The first kappa shape index (κ1) is 30.2. The van der Waals surface area contributed by atoms with Crippen LogP contribution in [0.3, 0.4) is 0 Å². The second-order valence-corrected chi connectivity index (χ2v) is 10.3. The second-order valence-electron chi connectivity index (χ2n) is 10.3. The zero-order valence-corrected chi connectivity index (χ0v) is 23.7. The van der Waals surface area contributed by atoms with Crippen molar-refractivity contribution in [3.8, 4) is 11.5 Å². The van der Waals surface area contributed by atoms with Gasteiger partial charge >= 0.3 is 12.2 Å². The first-order chi connectivity index (χ1) is 20.6. The number of fused-ring (bicyclic) bond motifs is 1. The van der Waals surface area contributed by atoms with Gasteiger partial charge in [-0.05, 0) is 61.0 Å². The van der Waals surface area contributed by atoms with E-state index in [9.17, 15) is 22.8 Å². The highest BCUT2D eigenvalue weighted by Gasteiger charge is 2.30. The Labute approximate surface area is 246 Å². The molecule has 3 aromatic rings. The molecule has 3 amide bonds. The Balaban J connectivity index is 1.32. The standard InChI is InChI=1S/C30H33F3N4O6/c1-21-2-8-25(43-21)18-37(17-22-3-9-26-27(16-22)42-20-41-26)28(38)19-36(11-10-35-12-14-40-15-13-35)29(39)34-24-6-4-23(5-7-24)30(31,32)33/h2-9,16H,10-15,17-20H2,1H3,(H,34,39). The lowest BCUT2D eigenvalue weighted by Crippen LogP contribution is -2.48. The number of benzene rings is 2. The molecule has 13 heteroatoms. The Morgan fingerprint density at radius 2 is 1.67 bits per heavy atom. The molecule has 1 fully saturated rings. The zero-order valence-electron chi connectivity index (χ0n) is 23.7. The Kier molecular flexibility index (Phi) is 9.41. The summed E-state index contributed by atoms with van der Waals surface area (Å²) in [6.07, 6.45) is -4.49. The molecule has 2 aliphatic heterocycles. The number of alkyl halides is 3. The smallest absolute Gasteiger partial charge is 0.416 e. The molecule has 0 saturated carbocycles. The van der Waals surface area contributed by atoms with Crippen molar-refractivity contribution >= 4 is 17.6 Å². The van der Waals surface area contributed by atoms with Crippen LogP contribution in [0.1, 0.15) is 22.6 Å². The molecule has 1 saturated heterocycles. The van der Waals surface area contributed by atoms with Gasteiger partial charge in [0.1, 0.15) is 18.1 Å². The Hall–Kier alpha value is -4.23. The molecule has 0 bridgehead atoms. The van der Waals surface area contributed by atoms with E-state index in [-0.39, 0.29) is 44.6 Å². The maximum absolute atomic E-state index is 13.8. The molecule has 1 aromatic heterocycles. The number of halogens is 3. The average Bonchev–Trinajstić information content (AvgIpc) is 3.63. The summed E-state index contributed by atoms with van der Waals surface area (Å²) in [6, 6.07) is 12.6. The number of nitrogens with one attached hydrogen (secondary N) is 1. The lowest BCUT2D eigenvalue weighted by molar-refractivity contribution is -0.137. The van der Waals surface area contributed by atoms with Crippen molar-refractivity contribution in [1.29, 1.82) is 0 Å². The summed E-state index contributed by atoms with van der Waals surface area (Å²) in [7, 11) is 0. The number of anilines is 1. The van der Waals surface area contributed by atoms with Gasteiger partial charge in [0.2, 0.25) is 12.7 Å². The van der Waals surface area contributed by atoms with Crippen LogP contribution in [0.25, 0.3) is 0 Å². The van der Waals surface area contributed by atoms with E-state index in [2.05, 4.69) is 10.2 Å². The van der Waals surface area contributed by atoms with Crippen molar-refractivity contribution in [1.82, 2.24) is 14.7 Å². The van der Waals surface area contributed by atoms with Crippen LogP contribution < -0.4 is 14.8 Å². The SMILES string of the molecule is Cc1ccc(CN(Cc2ccc3c(c2)OCO3)C(=O)CN(CCN2CCOCC2)C(=O)Nc2ccc(C(F)(F)F)cc2)o1. The van der Waals surface area contributed by atoms with E-state index in [1.54, 1.807) is 17.0 Å². The molecule has 43 heavy (non-hydrogen) atoms. The van der Waals surface area contributed by atoms with Gasteiger partial charge in [-0.2, -0.15) is 13.2 Å². The average molecular weight is 603 g/mol. The van der Waals surface area contributed by atoms with Crippen molar-refractivity contribution in [2.45, 2.75) is 26.2 Å². The number of ether oxygens (including phenoxy) is 3. The third-order valence-electron chi connectivity index (χ3n) is 7.17. The summed E-state index contributed by atoms with van der Waals surface area (Å²) >= 11 is 0. The number of aryl methyl sites for hydroxylation is 1. The van der Waals surface area contributed by atoms with E-state index in [4.69, 9.17) is 18.6 Å². The topological polar surface area (TPSA) is 96.7 Å². The highest BCUT2D eigenvalue weighted by molar-refractivity contribution is 5.92. The van der Waals surface area contributed by atoms with Crippen LogP contribution in [-0.2, 0) is 28.8 Å². The predicted octanol–water partition coefficient (Wildman–Crippen LogP) is 4.73. The van der Waals surface area contributed by atoms with Crippen LogP contribution in [0.5, 0.6) is 11.5 Å². The molecule has 0 atom stereocenters. The predicted molar refractivity (Wildman–Crippen MR) is 150 cm³/mol. The lowest BCUT2D eigenvalue weighted by atomic mass is 10.2. The number of furan rings is 1. The van der Waals surface area contributed by atoms with Crippen molar-refractivity contribution in [2.24, 2.45) is 0 Å². The minimum Gasteiger partial charge on any atom is -0.464 e. The van der Waals surface area contributed by atoms with Crippen molar-refractivity contribution in [3.05, 3.63) is 77.2 Å². The number of carbonyl (C=O) groups excluding carboxylic acids is 2. The molecule has 2 aromatic carbocycles. The molecule has 3 heterocycles. The van der Waals surface area contributed by atoms with E-state index >= 15 is 0 Å². The van der Waals surface area contributed by atoms with E-state index < -0.39 is 17.8 Å². The van der Waals surface area contributed by atoms with Gasteiger partial charge < -0.3 is 33.7 Å². The second kappa shape index (κ2) is 13.4. The van der Waals surface area contributed by atoms with Crippen LogP contribution in [0.15, 0.2) is 59.0 Å². The minimum absolute atomic E-state index is 0.124. The van der Waals surface area contributed by atoms with Gasteiger partial charge in [-0.15, -0.1) is 0 Å². The fourth-order valence-electron chi connectivity index (χ4n) is 4.80. The number of amides is 3. The zero-order chi connectivity index (χ0) is 30.4. The van der Waals surface area contributed by atoms with E-state index in [0.717, 1.165) is 17.7 Å². The maximum atomic E-state index is 13.8. The van der Waals surface area contributed by atoms with Crippen molar-refractivity contribution in [3.63, 3.8) is 0 Å². The molecule has 10 nitrogen and oxygen atoms in total. The highest BCUT2D eigenvalue weighted by atomic mass is 19.4. The number of nitrogens with zero attached hydrogens (tertiary/aromatic N) is 3. The molecule has 0 spiro atoms. The van der Waals surface area contributed by atoms with E-state index in [1.807, 2.05) is 25.1 Å². The fraction of sp³-hybridized carbons (Fsp3) is 0.400. The fourth-order valence-corrected chi connectivity index (χ4v) is 4.80. The van der Waals surface area contributed by atoms with Crippen LogP contribution in [0.2, 0.25) is 0 Å². The number of urea groups is 1. The summed E-state index contributed by atoms with van der Waals surface area (Å²) in [5.41, 5.74) is 0.164. The molecule has 0 unspecified atom stereocenters. The third-order valence-corrected chi connectivity index (χ3v) is 7.17. The molecule has 5 rings (SSSR count). The molecule has 0 radical (unpaired) electrons. The van der Waals surface area contributed by atoms with Gasteiger partial charge in [0.05, 0.1) is 25.3 Å². The van der Waals surface area contributed by atoms with Gasteiger partial charge in [-0.1, -0.05) is 6.07 Å². The summed E-state index contributed by atoms with van der Waals surface area (Å²) in [5.74, 6) is 2.16. The summed E-state index contributed by atoms with van der Waals surface area (Å²) in [6.45, 7) is 5.29. The maximum Gasteiger partial charge on any atom is 0.416 e. The summed E-state index contributed by atoms with van der Waals surface area (Å²) < 4.78 is 61.1. The Morgan fingerprint density at radius 1 is 0.930 bits per heavy atom. The van der Waals surface area contributed by atoms with E-state index in [1.165, 1.54) is 17.0 Å². The Bertz CT molecular complexity index is 1410. The number of hydrogen-bond acceptors (Lipinski definition) is 7. The van der Waals surface area contributed by atoms with Gasteiger partial charge in [-0.25, -0.2) is 4.79 Å². The van der Waals surface area contributed by atoms with Gasteiger partial charge in [0.25, 0.3) is 0 Å². The molecule has 230 valence electrons. The number of morpholine rings is 1. The molecule has 0 aliphatic carbocycles. The van der Waals surface area contributed by atoms with Gasteiger partial charge in [0, 0.05) is 38.4 Å². The highest BCUT2D eigenvalue weighted by Crippen LogP contribution is 2.33. The monoisotopic (exact) mass is 602 g/mol. The number of hydrogen-bond donors (Lipinski definition) is 1. The first-order valence-corrected chi connectivity index (χ1v) is 13.9. The van der Waals surface area contributed by atoms with E-state index in [0.29, 0.717) is 55.9 Å².